The molecule has 0 radical (unpaired) electrons. The highest BCUT2D eigenvalue weighted by atomic mass is 16.5. The second kappa shape index (κ2) is 11.1. The van der Waals surface area contributed by atoms with Crippen LogP contribution in [-0.2, 0) is 9.47 Å². The van der Waals surface area contributed by atoms with Gasteiger partial charge in [-0.2, -0.15) is 0 Å². The summed E-state index contributed by atoms with van der Waals surface area (Å²) in [5, 5.41) is 0. The number of ether oxygens (including phenoxy) is 2. The predicted molar refractivity (Wildman–Crippen MR) is 159 cm³/mol. The molecule has 0 bridgehead atoms. The highest BCUT2D eigenvalue weighted by Gasteiger charge is 2.45. The van der Waals surface area contributed by atoms with Gasteiger partial charge in [-0.3, -0.25) is 0 Å². The first kappa shape index (κ1) is 24.8. The Morgan fingerprint density at radius 2 is 0.750 bits per heavy atom. The maximum atomic E-state index is 6.81. The molecule has 1 aliphatic carbocycles. The maximum absolute atomic E-state index is 6.81. The van der Waals surface area contributed by atoms with Crippen molar-refractivity contribution < 1.29 is 9.47 Å². The molecule has 0 N–H and O–H groups in total. The predicted octanol–water partition coefficient (Wildman–Crippen LogP) is 8.62. The number of hydrogen-bond donors (Lipinski definition) is 0. The van der Waals surface area contributed by atoms with Crippen molar-refractivity contribution >= 4 is 11.8 Å². The fourth-order valence-electron chi connectivity index (χ4n) is 6.53. The van der Waals surface area contributed by atoms with E-state index in [1.165, 1.54) is 11.1 Å². The van der Waals surface area contributed by atoms with Crippen LogP contribution in [-0.4, -0.2) is 11.8 Å². The van der Waals surface area contributed by atoms with Gasteiger partial charge in [0.15, 0.2) is 24.0 Å². The summed E-state index contributed by atoms with van der Waals surface area (Å²) < 4.78 is 13.6. The Balaban J connectivity index is 1.23. The molecule has 4 heteroatoms. The van der Waals surface area contributed by atoms with Gasteiger partial charge < -0.3 is 9.47 Å². The minimum absolute atomic E-state index is 0.0678. The Morgan fingerprint density at radius 3 is 1.10 bits per heavy atom. The number of benzene rings is 4. The van der Waals surface area contributed by atoms with Crippen molar-refractivity contribution in [2.75, 3.05) is 0 Å². The molecular formula is C36H34N2O2. The molecular weight excluding hydrogens is 492 g/mol. The third-order valence-corrected chi connectivity index (χ3v) is 8.54. The van der Waals surface area contributed by atoms with Crippen LogP contribution in [0.15, 0.2) is 131 Å². The molecule has 0 aromatic heterocycles. The topological polar surface area (TPSA) is 43.2 Å². The Bertz CT molecular complexity index is 1360. The standard InChI is InChI=1S/C36H34N2O2/c1-5-15-25(16-6-1)31-33(27-19-9-3-10-20-27)39-35(37-31)29-23-13-14-24-30(29)36-38-32(26-17-7-2-8-18-26)34(40-36)28-21-11-4-12-22-28/h1-12,15-22,29-34H,13-14,23-24H2/t29-,30+,31-,32-,33+,34+/m1/s1. The lowest BCUT2D eigenvalue weighted by Gasteiger charge is -2.31. The van der Waals surface area contributed by atoms with Gasteiger partial charge in [0, 0.05) is 11.8 Å². The first-order valence-corrected chi connectivity index (χ1v) is 14.5. The van der Waals surface area contributed by atoms with Gasteiger partial charge in [0.05, 0.1) is 0 Å². The minimum atomic E-state index is -0.137. The average Bonchev–Trinajstić information content (AvgIpc) is 3.69. The molecule has 1 fully saturated rings. The second-order valence-corrected chi connectivity index (χ2v) is 11.0. The lowest BCUT2D eigenvalue weighted by atomic mass is 9.78. The van der Waals surface area contributed by atoms with E-state index in [9.17, 15) is 0 Å². The van der Waals surface area contributed by atoms with Gasteiger partial charge >= 0.3 is 0 Å². The maximum Gasteiger partial charge on any atom is 0.188 e. The largest absolute Gasteiger partial charge is 0.470 e. The Morgan fingerprint density at radius 1 is 0.425 bits per heavy atom. The number of rotatable bonds is 6. The molecule has 0 unspecified atom stereocenters. The molecule has 2 heterocycles. The van der Waals surface area contributed by atoms with Crippen LogP contribution in [0, 0.1) is 11.8 Å². The molecule has 40 heavy (non-hydrogen) atoms. The molecule has 2 aliphatic heterocycles. The minimum Gasteiger partial charge on any atom is -0.470 e. The van der Waals surface area contributed by atoms with Gasteiger partial charge in [0.25, 0.3) is 0 Å². The summed E-state index contributed by atoms with van der Waals surface area (Å²) in [6.07, 6.45) is 4.10. The van der Waals surface area contributed by atoms with Gasteiger partial charge in [-0.1, -0.05) is 134 Å². The van der Waals surface area contributed by atoms with E-state index in [-0.39, 0.29) is 36.1 Å². The number of hydrogen-bond acceptors (Lipinski definition) is 4. The van der Waals surface area contributed by atoms with Crippen LogP contribution in [0.25, 0.3) is 0 Å². The molecule has 4 aromatic carbocycles. The molecule has 7 rings (SSSR count). The number of nitrogens with zero attached hydrogens (tertiary/aromatic N) is 2. The van der Waals surface area contributed by atoms with E-state index in [0.29, 0.717) is 0 Å². The lowest BCUT2D eigenvalue weighted by Crippen LogP contribution is -2.33. The van der Waals surface area contributed by atoms with Crippen LogP contribution in [0.2, 0.25) is 0 Å². The average molecular weight is 527 g/mol. The SMILES string of the molecule is c1ccc([C@H]2N=C([C@H]3CCCC[C@H]3C3=N[C@H](c4ccccc4)[C@H](c4ccccc4)O3)O[C@H]2c2ccccc2)cc1. The van der Waals surface area contributed by atoms with Gasteiger partial charge in [-0.25, -0.2) is 9.98 Å². The van der Waals surface area contributed by atoms with Gasteiger partial charge in [-0.15, -0.1) is 0 Å². The van der Waals surface area contributed by atoms with E-state index in [0.717, 1.165) is 48.6 Å². The van der Waals surface area contributed by atoms with Crippen molar-refractivity contribution in [2.24, 2.45) is 21.8 Å². The monoisotopic (exact) mass is 526 g/mol. The van der Waals surface area contributed by atoms with Crippen molar-refractivity contribution in [1.82, 2.24) is 0 Å². The fourth-order valence-corrected chi connectivity index (χ4v) is 6.53. The van der Waals surface area contributed by atoms with Crippen LogP contribution < -0.4 is 0 Å². The summed E-state index contributed by atoms with van der Waals surface area (Å²) in [6.45, 7) is 0. The molecule has 0 saturated heterocycles. The lowest BCUT2D eigenvalue weighted by molar-refractivity contribution is 0.156. The van der Waals surface area contributed by atoms with Crippen LogP contribution >= 0.6 is 0 Å². The molecule has 6 atom stereocenters. The van der Waals surface area contributed by atoms with E-state index < -0.39 is 0 Å². The molecule has 0 amide bonds. The summed E-state index contributed by atoms with van der Waals surface area (Å²) in [5.41, 5.74) is 4.68. The summed E-state index contributed by atoms with van der Waals surface area (Å²) in [4.78, 5) is 10.6. The molecule has 4 nitrogen and oxygen atoms in total. The zero-order valence-electron chi connectivity index (χ0n) is 22.6. The quantitative estimate of drug-likeness (QED) is 0.252. The van der Waals surface area contributed by atoms with Gasteiger partial charge in [-0.05, 0) is 35.1 Å². The normalized spacial score (nSPS) is 27.8. The van der Waals surface area contributed by atoms with Gasteiger partial charge in [0.1, 0.15) is 12.1 Å². The van der Waals surface area contributed by atoms with Gasteiger partial charge in [0.2, 0.25) is 0 Å². The highest BCUT2D eigenvalue weighted by molar-refractivity contribution is 5.90. The first-order chi connectivity index (χ1) is 19.8. The first-order valence-electron chi connectivity index (χ1n) is 14.5. The van der Waals surface area contributed by atoms with Crippen molar-refractivity contribution in [3.05, 3.63) is 144 Å². The smallest absolute Gasteiger partial charge is 0.188 e. The van der Waals surface area contributed by atoms with E-state index in [2.05, 4.69) is 121 Å². The zero-order chi connectivity index (χ0) is 26.7. The highest BCUT2D eigenvalue weighted by Crippen LogP contribution is 2.47. The second-order valence-electron chi connectivity index (χ2n) is 11.0. The van der Waals surface area contributed by atoms with Crippen LogP contribution in [0.4, 0.5) is 0 Å². The summed E-state index contributed by atoms with van der Waals surface area (Å²) in [5.74, 6) is 2.02. The summed E-state index contributed by atoms with van der Waals surface area (Å²) >= 11 is 0. The zero-order valence-corrected chi connectivity index (χ0v) is 22.6. The van der Waals surface area contributed by atoms with Crippen molar-refractivity contribution in [3.63, 3.8) is 0 Å². The van der Waals surface area contributed by atoms with E-state index in [4.69, 9.17) is 19.5 Å². The summed E-state index contributed by atoms with van der Waals surface area (Å²) in [6, 6.07) is 42.0. The molecule has 200 valence electrons. The summed E-state index contributed by atoms with van der Waals surface area (Å²) in [7, 11) is 0. The number of aliphatic imine (C=N–C) groups is 2. The van der Waals surface area contributed by atoms with Crippen LogP contribution in [0.3, 0.4) is 0 Å². The molecule has 0 spiro atoms. The van der Waals surface area contributed by atoms with Crippen molar-refractivity contribution in [3.8, 4) is 0 Å². The third kappa shape index (κ3) is 4.83. The Hall–Kier alpha value is -4.18. The van der Waals surface area contributed by atoms with Crippen LogP contribution in [0.1, 0.15) is 72.2 Å². The fraction of sp³-hybridized carbons (Fsp3) is 0.278. The molecule has 3 aliphatic rings. The van der Waals surface area contributed by atoms with Crippen LogP contribution in [0.5, 0.6) is 0 Å². The third-order valence-electron chi connectivity index (χ3n) is 8.54. The molecule has 4 aromatic rings. The van der Waals surface area contributed by atoms with E-state index in [1.54, 1.807) is 0 Å². The Labute approximate surface area is 236 Å². The van der Waals surface area contributed by atoms with E-state index in [1.807, 2.05) is 0 Å². The van der Waals surface area contributed by atoms with E-state index >= 15 is 0 Å². The van der Waals surface area contributed by atoms with Crippen molar-refractivity contribution in [1.29, 1.82) is 0 Å². The molecule has 1 saturated carbocycles. The Kier molecular flexibility index (Phi) is 6.91. The van der Waals surface area contributed by atoms with Crippen molar-refractivity contribution in [2.45, 2.75) is 50.0 Å².